The molecule has 1 aliphatic heterocycles. The molecular formula is C21H25N5O3. The Morgan fingerprint density at radius 1 is 1.17 bits per heavy atom. The van der Waals surface area contributed by atoms with Crippen LogP contribution >= 0.6 is 0 Å². The van der Waals surface area contributed by atoms with Crippen LogP contribution < -0.4 is 19.7 Å². The van der Waals surface area contributed by atoms with Crippen molar-refractivity contribution in [1.29, 1.82) is 0 Å². The van der Waals surface area contributed by atoms with E-state index < -0.39 is 0 Å². The lowest BCUT2D eigenvalue weighted by Gasteiger charge is -2.20. The number of fused-ring (bicyclic) bond motifs is 1. The molecule has 0 saturated carbocycles. The molecule has 4 rings (SSSR count). The van der Waals surface area contributed by atoms with E-state index in [1.54, 1.807) is 25.0 Å². The molecule has 2 heterocycles. The predicted molar refractivity (Wildman–Crippen MR) is 111 cm³/mol. The smallest absolute Gasteiger partial charge is 0.251 e. The van der Waals surface area contributed by atoms with E-state index >= 15 is 0 Å². The Labute approximate surface area is 169 Å². The van der Waals surface area contributed by atoms with Crippen molar-refractivity contribution in [2.75, 3.05) is 38.8 Å². The third-order valence-electron chi connectivity index (χ3n) is 5.41. The Kier molecular flexibility index (Phi) is 5.24. The summed E-state index contributed by atoms with van der Waals surface area (Å²) in [5.41, 5.74) is 3.30. The Morgan fingerprint density at radius 3 is 2.66 bits per heavy atom. The average molecular weight is 395 g/mol. The second kappa shape index (κ2) is 7.98. The quantitative estimate of drug-likeness (QED) is 0.689. The molecule has 0 spiro atoms. The molecule has 8 heteroatoms. The first-order valence-corrected chi connectivity index (χ1v) is 9.63. The van der Waals surface area contributed by atoms with Gasteiger partial charge in [-0.05, 0) is 30.5 Å². The number of carbonyl (C=O) groups excluding carboxylic acids is 1. The first kappa shape index (κ1) is 19.0. The van der Waals surface area contributed by atoms with Crippen molar-refractivity contribution in [3.05, 3.63) is 42.0 Å². The second-order valence-corrected chi connectivity index (χ2v) is 7.30. The van der Waals surface area contributed by atoms with Gasteiger partial charge in [-0.1, -0.05) is 5.21 Å². The first-order chi connectivity index (χ1) is 14.1. The van der Waals surface area contributed by atoms with E-state index in [4.69, 9.17) is 9.47 Å². The molecule has 29 heavy (non-hydrogen) atoms. The molecule has 0 aliphatic carbocycles. The third kappa shape index (κ3) is 3.96. The van der Waals surface area contributed by atoms with Gasteiger partial charge in [-0.25, -0.2) is 4.68 Å². The summed E-state index contributed by atoms with van der Waals surface area (Å²) in [7, 11) is 5.14. The molecule has 0 bridgehead atoms. The minimum Gasteiger partial charge on any atom is -0.497 e. The van der Waals surface area contributed by atoms with Crippen molar-refractivity contribution in [2.45, 2.75) is 6.42 Å². The maximum Gasteiger partial charge on any atom is 0.251 e. The zero-order chi connectivity index (χ0) is 20.4. The first-order valence-electron chi connectivity index (χ1n) is 9.63. The number of anilines is 1. The molecule has 1 unspecified atom stereocenters. The molecule has 1 N–H and O–H groups in total. The van der Waals surface area contributed by atoms with Gasteiger partial charge in [0.1, 0.15) is 17.0 Å². The van der Waals surface area contributed by atoms with E-state index in [2.05, 4.69) is 20.5 Å². The Hall–Kier alpha value is -3.29. The van der Waals surface area contributed by atoms with Gasteiger partial charge in [-0.3, -0.25) is 4.79 Å². The fraction of sp³-hybridized carbons (Fsp3) is 0.381. The number of nitrogens with zero attached hydrogens (tertiary/aromatic N) is 4. The number of aromatic nitrogens is 3. The topological polar surface area (TPSA) is 81.5 Å². The highest BCUT2D eigenvalue weighted by Crippen LogP contribution is 2.31. The standard InChI is InChI=1S/C21H25N5O3/c1-25-20-5-4-15(8-19(20)23-24-25)21(27)22-12-14-6-7-26(13-14)16-9-17(28-2)11-18(10-16)29-3/h4-5,8-11,14H,6-7,12-13H2,1-3H3,(H,22,27). The molecule has 1 amide bonds. The maximum atomic E-state index is 12.6. The van der Waals surface area contributed by atoms with E-state index in [0.29, 0.717) is 18.0 Å². The number of methoxy groups -OCH3 is 2. The molecule has 1 fully saturated rings. The van der Waals surface area contributed by atoms with E-state index in [1.807, 2.05) is 37.4 Å². The molecule has 1 saturated heterocycles. The van der Waals surface area contributed by atoms with Gasteiger partial charge in [0.25, 0.3) is 5.91 Å². The molecule has 152 valence electrons. The van der Waals surface area contributed by atoms with E-state index in [1.165, 1.54) is 0 Å². The Bertz CT molecular complexity index is 1010. The Balaban J connectivity index is 1.37. The lowest BCUT2D eigenvalue weighted by atomic mass is 10.1. The zero-order valence-corrected chi connectivity index (χ0v) is 16.9. The van der Waals surface area contributed by atoms with Crippen molar-refractivity contribution in [1.82, 2.24) is 20.3 Å². The van der Waals surface area contributed by atoms with Crippen LogP contribution in [0, 0.1) is 5.92 Å². The number of aryl methyl sites for hydroxylation is 1. The molecule has 1 aliphatic rings. The molecule has 3 aromatic rings. The summed E-state index contributed by atoms with van der Waals surface area (Å²) in [5.74, 6) is 1.85. The number of benzene rings is 2. The summed E-state index contributed by atoms with van der Waals surface area (Å²) in [6.45, 7) is 2.44. The third-order valence-corrected chi connectivity index (χ3v) is 5.41. The molecule has 8 nitrogen and oxygen atoms in total. The monoisotopic (exact) mass is 395 g/mol. The van der Waals surface area contributed by atoms with Gasteiger partial charge in [0.05, 0.1) is 19.7 Å². The van der Waals surface area contributed by atoms with Crippen LogP contribution in [-0.2, 0) is 7.05 Å². The number of hydrogen-bond acceptors (Lipinski definition) is 6. The van der Waals surface area contributed by atoms with Crippen LogP contribution in [0.4, 0.5) is 5.69 Å². The average Bonchev–Trinajstić information content (AvgIpc) is 3.38. The van der Waals surface area contributed by atoms with Gasteiger partial charge in [0.2, 0.25) is 0 Å². The van der Waals surface area contributed by atoms with Crippen LogP contribution in [0.3, 0.4) is 0 Å². The van der Waals surface area contributed by atoms with Gasteiger partial charge < -0.3 is 19.7 Å². The number of rotatable bonds is 6. The molecule has 1 atom stereocenters. The number of amides is 1. The molecule has 1 aromatic heterocycles. The van der Waals surface area contributed by atoms with Crippen LogP contribution in [0.2, 0.25) is 0 Å². The van der Waals surface area contributed by atoms with Gasteiger partial charge in [-0.15, -0.1) is 5.10 Å². The molecule has 2 aromatic carbocycles. The summed E-state index contributed by atoms with van der Waals surface area (Å²) in [5, 5.41) is 11.1. The van der Waals surface area contributed by atoms with E-state index in [9.17, 15) is 4.79 Å². The van der Waals surface area contributed by atoms with E-state index in [0.717, 1.165) is 47.7 Å². The normalized spacial score (nSPS) is 16.2. The van der Waals surface area contributed by atoms with Crippen molar-refractivity contribution >= 4 is 22.6 Å². The zero-order valence-electron chi connectivity index (χ0n) is 16.9. The van der Waals surface area contributed by atoms with Crippen molar-refractivity contribution < 1.29 is 14.3 Å². The fourth-order valence-corrected chi connectivity index (χ4v) is 3.73. The molecular weight excluding hydrogens is 370 g/mol. The van der Waals surface area contributed by atoms with Crippen LogP contribution in [0.25, 0.3) is 11.0 Å². The molecule has 0 radical (unpaired) electrons. The number of ether oxygens (including phenoxy) is 2. The summed E-state index contributed by atoms with van der Waals surface area (Å²) >= 11 is 0. The number of carbonyl (C=O) groups is 1. The number of nitrogens with one attached hydrogen (secondary N) is 1. The van der Waals surface area contributed by atoms with Crippen molar-refractivity contribution in [3.63, 3.8) is 0 Å². The van der Waals surface area contributed by atoms with Gasteiger partial charge in [0, 0.05) is 56.1 Å². The second-order valence-electron chi connectivity index (χ2n) is 7.30. The maximum absolute atomic E-state index is 12.6. The summed E-state index contributed by atoms with van der Waals surface area (Å²) in [6, 6.07) is 11.4. The van der Waals surface area contributed by atoms with Crippen LogP contribution in [0.15, 0.2) is 36.4 Å². The lowest BCUT2D eigenvalue weighted by Crippen LogP contribution is -2.31. The minimum atomic E-state index is -0.0842. The van der Waals surface area contributed by atoms with Crippen molar-refractivity contribution in [3.8, 4) is 11.5 Å². The van der Waals surface area contributed by atoms with Crippen LogP contribution in [-0.4, -0.2) is 54.8 Å². The van der Waals surface area contributed by atoms with Gasteiger partial charge >= 0.3 is 0 Å². The fourth-order valence-electron chi connectivity index (χ4n) is 3.73. The minimum absolute atomic E-state index is 0.0842. The summed E-state index contributed by atoms with van der Waals surface area (Å²) < 4.78 is 12.4. The van der Waals surface area contributed by atoms with Crippen molar-refractivity contribution in [2.24, 2.45) is 13.0 Å². The van der Waals surface area contributed by atoms with Crippen LogP contribution in [0.1, 0.15) is 16.8 Å². The highest BCUT2D eigenvalue weighted by atomic mass is 16.5. The largest absolute Gasteiger partial charge is 0.497 e. The number of hydrogen-bond donors (Lipinski definition) is 1. The summed E-state index contributed by atoms with van der Waals surface area (Å²) in [6.07, 6.45) is 1.02. The highest BCUT2D eigenvalue weighted by molar-refractivity contribution is 5.97. The SMILES string of the molecule is COc1cc(OC)cc(N2CCC(CNC(=O)c3ccc4c(c3)nnn4C)C2)c1. The van der Waals surface area contributed by atoms with E-state index in [-0.39, 0.29) is 5.91 Å². The van der Waals surface area contributed by atoms with Crippen LogP contribution in [0.5, 0.6) is 11.5 Å². The lowest BCUT2D eigenvalue weighted by molar-refractivity contribution is 0.0948. The highest BCUT2D eigenvalue weighted by Gasteiger charge is 2.24. The Morgan fingerprint density at radius 2 is 1.93 bits per heavy atom. The van der Waals surface area contributed by atoms with Gasteiger partial charge in [0.15, 0.2) is 0 Å². The predicted octanol–water partition coefficient (Wildman–Crippen LogP) is 2.24. The van der Waals surface area contributed by atoms with Gasteiger partial charge in [-0.2, -0.15) is 0 Å². The summed E-state index contributed by atoms with van der Waals surface area (Å²) in [4.78, 5) is 14.9.